The molecule has 0 unspecified atom stereocenters. The van der Waals surface area contributed by atoms with Gasteiger partial charge in [-0.1, -0.05) is 24.4 Å². The largest absolute Gasteiger partial charge is 0.506 e. The number of fused-ring (bicyclic) bond motifs is 1. The minimum atomic E-state index is -0.351. The topological polar surface area (TPSA) is 80.2 Å². The van der Waals surface area contributed by atoms with Gasteiger partial charge in [0.2, 0.25) is 0 Å². The van der Waals surface area contributed by atoms with Crippen molar-refractivity contribution < 1.29 is 14.7 Å². The zero-order valence-electron chi connectivity index (χ0n) is 11.7. The predicted octanol–water partition coefficient (Wildman–Crippen LogP) is 2.92. The first kappa shape index (κ1) is 13.9. The van der Waals surface area contributed by atoms with Crippen LogP contribution in [0.25, 0.3) is 16.0 Å². The summed E-state index contributed by atoms with van der Waals surface area (Å²) in [6.07, 6.45) is 0.518. The van der Waals surface area contributed by atoms with E-state index < -0.39 is 0 Å². The lowest BCUT2D eigenvalue weighted by Crippen LogP contribution is -2.32. The lowest BCUT2D eigenvalue weighted by molar-refractivity contribution is -0.127. The molecule has 1 saturated carbocycles. The van der Waals surface area contributed by atoms with E-state index in [9.17, 15) is 14.7 Å². The molecular weight excluding hydrogens is 288 g/mol. The Labute approximate surface area is 125 Å². The highest BCUT2D eigenvalue weighted by Gasteiger charge is 2.38. The van der Waals surface area contributed by atoms with Gasteiger partial charge in [-0.25, -0.2) is 0 Å². The minimum absolute atomic E-state index is 0.0878. The zero-order chi connectivity index (χ0) is 15.2. The van der Waals surface area contributed by atoms with E-state index in [4.69, 9.17) is 0 Å². The Morgan fingerprint density at radius 3 is 2.57 bits per heavy atom. The first-order chi connectivity index (χ1) is 9.89. The molecular formula is C15H14N2O3S. The fourth-order valence-corrected chi connectivity index (χ4v) is 3.33. The number of carbonyl (C=O) groups excluding carboxylic acids is 2. The van der Waals surface area contributed by atoms with Crippen LogP contribution in [0.1, 0.15) is 32.3 Å². The van der Waals surface area contributed by atoms with E-state index in [1.165, 1.54) is 0 Å². The molecule has 0 amide bonds. The molecule has 0 radical (unpaired) electrons. The summed E-state index contributed by atoms with van der Waals surface area (Å²) in [6.45, 7) is 3.76. The van der Waals surface area contributed by atoms with Crippen LogP contribution in [-0.4, -0.2) is 26.3 Å². The fraction of sp³-hybridized carbons (Fsp3) is 0.333. The lowest BCUT2D eigenvalue weighted by Gasteiger charge is -2.28. The number of Topliss-reactive ketones (excluding diaryl/α,β-unsaturated/α-hetero) is 2. The summed E-state index contributed by atoms with van der Waals surface area (Å²) in [6, 6.07) is 5.16. The van der Waals surface area contributed by atoms with Gasteiger partial charge < -0.3 is 5.11 Å². The number of hydrogen-bond donors (Lipinski definition) is 1. The summed E-state index contributed by atoms with van der Waals surface area (Å²) in [5, 5.41) is 14.4. The molecule has 0 saturated heterocycles. The van der Waals surface area contributed by atoms with Crippen LogP contribution in [0.15, 0.2) is 23.8 Å². The molecule has 1 N–H and O–H groups in total. The van der Waals surface area contributed by atoms with Crippen LogP contribution in [0.2, 0.25) is 0 Å². The van der Waals surface area contributed by atoms with Gasteiger partial charge in [0.1, 0.15) is 16.8 Å². The van der Waals surface area contributed by atoms with E-state index in [0.29, 0.717) is 15.8 Å². The summed E-state index contributed by atoms with van der Waals surface area (Å²) in [5.41, 5.74) is 0.644. The predicted molar refractivity (Wildman–Crippen MR) is 80.0 cm³/mol. The standard InChI is InChI=1S/C15H14N2O3S/c1-15(2)6-10(18)12(11(19)7-15)13(20)8-4-3-5-9-14(8)21-17-16-9/h3-5,20H,6-7H2,1-2H3. The van der Waals surface area contributed by atoms with Crippen molar-refractivity contribution in [2.75, 3.05) is 0 Å². The monoisotopic (exact) mass is 302 g/mol. The van der Waals surface area contributed by atoms with Gasteiger partial charge in [-0.3, -0.25) is 9.59 Å². The Balaban J connectivity index is 2.16. The number of aliphatic hydroxyl groups is 1. The van der Waals surface area contributed by atoms with Crippen molar-refractivity contribution in [3.63, 3.8) is 0 Å². The van der Waals surface area contributed by atoms with Crippen molar-refractivity contribution in [1.29, 1.82) is 0 Å². The van der Waals surface area contributed by atoms with E-state index in [1.54, 1.807) is 18.2 Å². The van der Waals surface area contributed by atoms with Gasteiger partial charge >= 0.3 is 0 Å². The van der Waals surface area contributed by atoms with Crippen molar-refractivity contribution >= 4 is 39.1 Å². The second kappa shape index (κ2) is 4.73. The van der Waals surface area contributed by atoms with Gasteiger partial charge in [0.25, 0.3) is 0 Å². The van der Waals surface area contributed by atoms with Gasteiger partial charge in [-0.15, -0.1) is 5.10 Å². The fourth-order valence-electron chi connectivity index (χ4n) is 2.65. The van der Waals surface area contributed by atoms with E-state index in [2.05, 4.69) is 9.59 Å². The average Bonchev–Trinajstić information content (AvgIpc) is 2.83. The Morgan fingerprint density at radius 2 is 1.90 bits per heavy atom. The maximum absolute atomic E-state index is 12.2. The third-order valence-corrected chi connectivity index (χ3v) is 4.38. The number of hydrogen-bond acceptors (Lipinski definition) is 6. The molecule has 108 valence electrons. The summed E-state index contributed by atoms with van der Waals surface area (Å²) >= 11 is 1.13. The second-order valence-corrected chi connectivity index (χ2v) is 6.77. The summed E-state index contributed by atoms with van der Waals surface area (Å²) in [5.74, 6) is -0.858. The summed E-state index contributed by atoms with van der Waals surface area (Å²) < 4.78 is 4.51. The Kier molecular flexibility index (Phi) is 3.13. The first-order valence-corrected chi connectivity index (χ1v) is 7.37. The zero-order valence-corrected chi connectivity index (χ0v) is 12.5. The Bertz CT molecular complexity index is 767. The molecule has 0 spiro atoms. The summed E-state index contributed by atoms with van der Waals surface area (Å²) in [4.78, 5) is 24.5. The van der Waals surface area contributed by atoms with Gasteiger partial charge in [0.15, 0.2) is 11.6 Å². The highest BCUT2D eigenvalue weighted by molar-refractivity contribution is 7.13. The number of aliphatic hydroxyl groups excluding tert-OH is 1. The van der Waals surface area contributed by atoms with Crippen LogP contribution < -0.4 is 0 Å². The van der Waals surface area contributed by atoms with E-state index >= 15 is 0 Å². The molecule has 1 aliphatic carbocycles. The molecule has 0 aliphatic heterocycles. The second-order valence-electron chi connectivity index (χ2n) is 6.01. The number of allylic oxidation sites excluding steroid dienone is 1. The third-order valence-electron chi connectivity index (χ3n) is 3.60. The number of rotatable bonds is 1. The lowest BCUT2D eigenvalue weighted by atomic mass is 9.73. The Hall–Kier alpha value is -2.08. The minimum Gasteiger partial charge on any atom is -0.506 e. The Morgan fingerprint density at radius 1 is 1.24 bits per heavy atom. The average molecular weight is 302 g/mol. The maximum atomic E-state index is 12.2. The number of carbonyl (C=O) groups is 2. The van der Waals surface area contributed by atoms with Crippen molar-refractivity contribution in [1.82, 2.24) is 9.59 Å². The quantitative estimate of drug-likeness (QED) is 0.497. The van der Waals surface area contributed by atoms with Crippen molar-refractivity contribution in [3.05, 3.63) is 29.3 Å². The molecule has 21 heavy (non-hydrogen) atoms. The van der Waals surface area contributed by atoms with Crippen LogP contribution in [-0.2, 0) is 9.59 Å². The number of ketones is 2. The normalized spacial score (nSPS) is 18.3. The van der Waals surface area contributed by atoms with Crippen LogP contribution in [0.4, 0.5) is 0 Å². The van der Waals surface area contributed by atoms with Crippen LogP contribution in [0, 0.1) is 5.41 Å². The van der Waals surface area contributed by atoms with Crippen molar-refractivity contribution in [2.24, 2.45) is 5.41 Å². The summed E-state index contributed by atoms with van der Waals surface area (Å²) in [7, 11) is 0. The van der Waals surface area contributed by atoms with E-state index in [0.717, 1.165) is 11.5 Å². The molecule has 1 heterocycles. The maximum Gasteiger partial charge on any atom is 0.170 e. The number of aromatic nitrogens is 2. The van der Waals surface area contributed by atoms with Gasteiger partial charge in [0, 0.05) is 18.4 Å². The molecule has 1 aromatic carbocycles. The van der Waals surface area contributed by atoms with E-state index in [-0.39, 0.29) is 41.2 Å². The molecule has 1 fully saturated rings. The SMILES string of the molecule is CC1(C)CC(=O)C(=C(O)c2cccc3nnsc23)C(=O)C1. The molecule has 0 bridgehead atoms. The first-order valence-electron chi connectivity index (χ1n) is 6.60. The third kappa shape index (κ3) is 2.35. The number of nitrogens with zero attached hydrogens (tertiary/aromatic N) is 2. The van der Waals surface area contributed by atoms with Crippen LogP contribution in [0.3, 0.4) is 0 Å². The van der Waals surface area contributed by atoms with Gasteiger partial charge in [-0.2, -0.15) is 0 Å². The highest BCUT2D eigenvalue weighted by atomic mass is 32.1. The molecule has 1 aromatic heterocycles. The van der Waals surface area contributed by atoms with Gasteiger partial charge in [0.05, 0.1) is 4.70 Å². The van der Waals surface area contributed by atoms with Crippen LogP contribution >= 0.6 is 11.5 Å². The van der Waals surface area contributed by atoms with Crippen molar-refractivity contribution in [3.8, 4) is 0 Å². The highest BCUT2D eigenvalue weighted by Crippen LogP contribution is 2.37. The molecule has 6 heteroatoms. The molecule has 3 rings (SSSR count). The van der Waals surface area contributed by atoms with E-state index in [1.807, 2.05) is 13.8 Å². The smallest absolute Gasteiger partial charge is 0.170 e. The molecule has 5 nitrogen and oxygen atoms in total. The number of benzene rings is 1. The van der Waals surface area contributed by atoms with Gasteiger partial charge in [-0.05, 0) is 29.1 Å². The molecule has 0 atom stereocenters. The van der Waals surface area contributed by atoms with Crippen LogP contribution in [0.5, 0.6) is 0 Å². The van der Waals surface area contributed by atoms with Crippen molar-refractivity contribution in [2.45, 2.75) is 26.7 Å². The molecule has 1 aliphatic rings. The molecule has 2 aromatic rings.